The molecule has 0 saturated carbocycles. The highest BCUT2D eigenvalue weighted by Gasteiger charge is 2.22. The van der Waals surface area contributed by atoms with Gasteiger partial charge in [0.15, 0.2) is 5.69 Å². The van der Waals surface area contributed by atoms with Crippen molar-refractivity contribution in [2.75, 3.05) is 7.11 Å². The number of amides is 1. The Morgan fingerprint density at radius 3 is 2.45 bits per heavy atom. The summed E-state index contributed by atoms with van der Waals surface area (Å²) in [6.45, 7) is 8.00. The first kappa shape index (κ1) is 20.5. The van der Waals surface area contributed by atoms with E-state index in [2.05, 4.69) is 16.5 Å². The van der Waals surface area contributed by atoms with Crippen LogP contribution in [-0.2, 0) is 6.61 Å². The van der Waals surface area contributed by atoms with Gasteiger partial charge in [-0.15, -0.1) is 0 Å². The van der Waals surface area contributed by atoms with Crippen LogP contribution in [0, 0.1) is 20.8 Å². The second kappa shape index (κ2) is 8.82. The number of nitrogens with zero attached hydrogens (tertiary/aromatic N) is 1. The monoisotopic (exact) mass is 394 g/mol. The van der Waals surface area contributed by atoms with E-state index in [-0.39, 0.29) is 24.2 Å². The van der Waals surface area contributed by atoms with E-state index in [0.29, 0.717) is 17.1 Å². The molecule has 0 radical (unpaired) electrons. The molecule has 1 unspecified atom stereocenters. The van der Waals surface area contributed by atoms with E-state index in [9.17, 15) is 4.79 Å². The topological polar surface area (TPSA) is 73.6 Å². The summed E-state index contributed by atoms with van der Waals surface area (Å²) in [6, 6.07) is 13.3. The number of hydrogen-bond donors (Lipinski definition) is 1. The molecule has 1 heterocycles. The van der Waals surface area contributed by atoms with Crippen LogP contribution in [-0.4, -0.2) is 18.2 Å². The smallest absolute Gasteiger partial charge is 0.274 e. The number of nitrogens with one attached hydrogen (secondary N) is 1. The minimum atomic E-state index is -0.289. The Balaban J connectivity index is 1.71. The Bertz CT molecular complexity index is 993. The van der Waals surface area contributed by atoms with E-state index in [0.717, 1.165) is 16.9 Å². The zero-order valence-corrected chi connectivity index (χ0v) is 17.4. The normalized spacial score (nSPS) is 11.8. The van der Waals surface area contributed by atoms with Crippen LogP contribution in [0.5, 0.6) is 11.5 Å². The van der Waals surface area contributed by atoms with Gasteiger partial charge in [-0.05, 0) is 63.1 Å². The highest BCUT2D eigenvalue weighted by atomic mass is 16.5. The van der Waals surface area contributed by atoms with Gasteiger partial charge in [0.1, 0.15) is 23.9 Å². The van der Waals surface area contributed by atoms with Gasteiger partial charge in [-0.2, -0.15) is 0 Å². The number of carbonyl (C=O) groups excluding carboxylic acids is 1. The summed E-state index contributed by atoms with van der Waals surface area (Å²) in [4.78, 5) is 12.8. The van der Waals surface area contributed by atoms with Crippen molar-refractivity contribution in [2.24, 2.45) is 0 Å². The van der Waals surface area contributed by atoms with Gasteiger partial charge in [-0.1, -0.05) is 28.9 Å². The molecule has 3 rings (SSSR count). The Labute approximate surface area is 170 Å². The summed E-state index contributed by atoms with van der Waals surface area (Å²) < 4.78 is 16.2. The molecule has 6 heteroatoms. The van der Waals surface area contributed by atoms with E-state index in [1.807, 2.05) is 57.2 Å². The van der Waals surface area contributed by atoms with Crippen LogP contribution in [0.4, 0.5) is 0 Å². The molecule has 0 aliphatic rings. The van der Waals surface area contributed by atoms with Gasteiger partial charge in [0, 0.05) is 0 Å². The van der Waals surface area contributed by atoms with Crippen molar-refractivity contribution in [1.82, 2.24) is 10.5 Å². The first-order valence-electron chi connectivity index (χ1n) is 9.49. The van der Waals surface area contributed by atoms with Gasteiger partial charge in [0.05, 0.1) is 18.7 Å². The molecule has 0 aliphatic heterocycles. The van der Waals surface area contributed by atoms with Gasteiger partial charge in [0.2, 0.25) is 0 Å². The van der Waals surface area contributed by atoms with Gasteiger partial charge < -0.3 is 19.3 Å². The van der Waals surface area contributed by atoms with Crippen LogP contribution in [0.15, 0.2) is 47.0 Å². The molecule has 29 heavy (non-hydrogen) atoms. The van der Waals surface area contributed by atoms with Crippen LogP contribution in [0.1, 0.15) is 51.5 Å². The van der Waals surface area contributed by atoms with Crippen LogP contribution in [0.25, 0.3) is 0 Å². The number of hydrogen-bond acceptors (Lipinski definition) is 5. The molecule has 0 bridgehead atoms. The van der Waals surface area contributed by atoms with Gasteiger partial charge >= 0.3 is 0 Å². The van der Waals surface area contributed by atoms with Crippen molar-refractivity contribution < 1.29 is 18.8 Å². The second-order valence-corrected chi connectivity index (χ2v) is 7.09. The largest absolute Gasteiger partial charge is 0.497 e. The first-order valence-corrected chi connectivity index (χ1v) is 9.49. The maximum Gasteiger partial charge on any atom is 0.274 e. The molecule has 152 valence electrons. The van der Waals surface area contributed by atoms with E-state index in [4.69, 9.17) is 14.0 Å². The van der Waals surface area contributed by atoms with Gasteiger partial charge in [0.25, 0.3) is 5.91 Å². The van der Waals surface area contributed by atoms with Crippen molar-refractivity contribution in [3.05, 3.63) is 76.2 Å². The molecule has 1 amide bonds. The molecule has 1 N–H and O–H groups in total. The van der Waals surface area contributed by atoms with E-state index >= 15 is 0 Å². The quantitative estimate of drug-likeness (QED) is 0.630. The number of carbonyl (C=O) groups is 1. The number of rotatable bonds is 7. The standard InChI is InChI=1S/C23H26N2O4/c1-14-6-11-20(15(2)12-14)16(3)24-23(26)22-21(17(4)29-25-22)13-28-19-9-7-18(27-5)8-10-19/h6-12,16H,13H2,1-5H3,(H,24,26). The molecule has 1 atom stereocenters. The van der Waals surface area contributed by atoms with Crippen LogP contribution < -0.4 is 14.8 Å². The second-order valence-electron chi connectivity index (χ2n) is 7.09. The van der Waals surface area contributed by atoms with E-state index in [1.54, 1.807) is 14.0 Å². The summed E-state index contributed by atoms with van der Waals surface area (Å²) in [5.74, 6) is 1.69. The molecule has 0 fully saturated rings. The SMILES string of the molecule is COc1ccc(OCc2c(C(=O)NC(C)c3ccc(C)cc3C)noc2C)cc1. The Morgan fingerprint density at radius 2 is 1.79 bits per heavy atom. The molecule has 0 aliphatic carbocycles. The highest BCUT2D eigenvalue weighted by Crippen LogP contribution is 2.22. The lowest BCUT2D eigenvalue weighted by atomic mass is 10.00. The number of aryl methyl sites for hydroxylation is 3. The molecule has 0 spiro atoms. The summed E-state index contributed by atoms with van der Waals surface area (Å²) in [5, 5.41) is 6.96. The Morgan fingerprint density at radius 1 is 1.10 bits per heavy atom. The third-order valence-corrected chi connectivity index (χ3v) is 4.88. The van der Waals surface area contributed by atoms with Crippen LogP contribution >= 0.6 is 0 Å². The highest BCUT2D eigenvalue weighted by molar-refractivity contribution is 5.94. The minimum Gasteiger partial charge on any atom is -0.497 e. The minimum absolute atomic E-state index is 0.157. The summed E-state index contributed by atoms with van der Waals surface area (Å²) >= 11 is 0. The number of benzene rings is 2. The molecule has 6 nitrogen and oxygen atoms in total. The maximum absolute atomic E-state index is 12.8. The van der Waals surface area contributed by atoms with Crippen molar-refractivity contribution in [2.45, 2.75) is 40.3 Å². The molecule has 2 aromatic carbocycles. The predicted molar refractivity (Wildman–Crippen MR) is 110 cm³/mol. The van der Waals surface area contributed by atoms with Gasteiger partial charge in [-0.25, -0.2) is 0 Å². The lowest BCUT2D eigenvalue weighted by Crippen LogP contribution is -2.28. The fourth-order valence-corrected chi connectivity index (χ4v) is 3.22. The summed E-state index contributed by atoms with van der Waals surface area (Å²) in [7, 11) is 1.61. The zero-order chi connectivity index (χ0) is 21.0. The average Bonchev–Trinajstić information content (AvgIpc) is 3.07. The third-order valence-electron chi connectivity index (χ3n) is 4.88. The summed E-state index contributed by atoms with van der Waals surface area (Å²) in [6.07, 6.45) is 0. The number of ether oxygens (including phenoxy) is 2. The summed E-state index contributed by atoms with van der Waals surface area (Å²) in [5.41, 5.74) is 4.27. The molecular formula is C23H26N2O4. The molecular weight excluding hydrogens is 368 g/mol. The van der Waals surface area contributed by atoms with Crippen LogP contribution in [0.3, 0.4) is 0 Å². The zero-order valence-electron chi connectivity index (χ0n) is 17.4. The maximum atomic E-state index is 12.8. The average molecular weight is 394 g/mol. The predicted octanol–water partition coefficient (Wildman–Crippen LogP) is 4.68. The van der Waals surface area contributed by atoms with Crippen LogP contribution in [0.2, 0.25) is 0 Å². The van der Waals surface area contributed by atoms with Crippen molar-refractivity contribution in [1.29, 1.82) is 0 Å². The molecule has 1 aromatic heterocycles. The van der Waals surface area contributed by atoms with Crippen molar-refractivity contribution in [3.63, 3.8) is 0 Å². The number of aromatic nitrogens is 1. The lowest BCUT2D eigenvalue weighted by Gasteiger charge is -2.17. The first-order chi connectivity index (χ1) is 13.9. The lowest BCUT2D eigenvalue weighted by molar-refractivity contribution is 0.0928. The fourth-order valence-electron chi connectivity index (χ4n) is 3.22. The number of methoxy groups -OCH3 is 1. The van der Waals surface area contributed by atoms with E-state index in [1.165, 1.54) is 5.56 Å². The Hall–Kier alpha value is -3.28. The molecule has 0 saturated heterocycles. The van der Waals surface area contributed by atoms with Crippen molar-refractivity contribution in [3.8, 4) is 11.5 Å². The molecule has 3 aromatic rings. The Kier molecular flexibility index (Phi) is 6.22. The van der Waals surface area contributed by atoms with Crippen molar-refractivity contribution >= 4 is 5.91 Å². The van der Waals surface area contributed by atoms with E-state index < -0.39 is 0 Å². The fraction of sp³-hybridized carbons (Fsp3) is 0.304. The third kappa shape index (κ3) is 4.77. The van der Waals surface area contributed by atoms with Gasteiger partial charge in [-0.3, -0.25) is 4.79 Å².